The minimum atomic E-state index is -0.837. The van der Waals surface area contributed by atoms with Crippen molar-refractivity contribution < 1.29 is 14.7 Å². The van der Waals surface area contributed by atoms with Gasteiger partial charge in [0.25, 0.3) is 0 Å². The van der Waals surface area contributed by atoms with Crippen LogP contribution < -0.4 is 5.32 Å². The zero-order valence-corrected chi connectivity index (χ0v) is 13.4. The van der Waals surface area contributed by atoms with E-state index in [9.17, 15) is 14.7 Å². The van der Waals surface area contributed by atoms with E-state index in [-0.39, 0.29) is 17.9 Å². The van der Waals surface area contributed by atoms with Gasteiger partial charge >= 0.3 is 5.97 Å². The second-order valence-electron chi connectivity index (χ2n) is 7.03. The molecule has 1 amide bonds. The summed E-state index contributed by atoms with van der Waals surface area (Å²) in [5, 5.41) is 12.3. The summed E-state index contributed by atoms with van der Waals surface area (Å²) in [6, 6.07) is 10.2. The second kappa shape index (κ2) is 6.51. The van der Waals surface area contributed by atoms with Crippen LogP contribution in [0.4, 0.5) is 0 Å². The number of carbonyl (C=O) groups excluding carboxylic acids is 1. The third-order valence-electron chi connectivity index (χ3n) is 4.62. The van der Waals surface area contributed by atoms with E-state index in [0.717, 1.165) is 19.3 Å². The first-order valence-corrected chi connectivity index (χ1v) is 7.91. The van der Waals surface area contributed by atoms with Gasteiger partial charge in [0.1, 0.15) is 0 Å². The van der Waals surface area contributed by atoms with E-state index in [1.54, 1.807) is 0 Å². The predicted octanol–water partition coefficient (Wildman–Crippen LogP) is 3.16. The summed E-state index contributed by atoms with van der Waals surface area (Å²) in [4.78, 5) is 23.5. The van der Waals surface area contributed by atoms with E-state index < -0.39 is 11.4 Å². The van der Waals surface area contributed by atoms with Gasteiger partial charge in [-0.2, -0.15) is 0 Å². The Hall–Kier alpha value is -1.84. The van der Waals surface area contributed by atoms with Crippen molar-refractivity contribution in [1.82, 2.24) is 5.32 Å². The highest BCUT2D eigenvalue weighted by molar-refractivity contribution is 5.86. The number of hydrogen-bond acceptors (Lipinski definition) is 2. The zero-order chi connectivity index (χ0) is 16.2. The predicted molar refractivity (Wildman–Crippen MR) is 85.5 cm³/mol. The van der Waals surface area contributed by atoms with Gasteiger partial charge in [-0.3, -0.25) is 9.59 Å². The van der Waals surface area contributed by atoms with Crippen molar-refractivity contribution in [2.75, 3.05) is 0 Å². The number of rotatable bonds is 7. The summed E-state index contributed by atoms with van der Waals surface area (Å²) in [5.41, 5.74) is 0.0847. The smallest absolute Gasteiger partial charge is 0.310 e. The van der Waals surface area contributed by atoms with Crippen LogP contribution in [0.5, 0.6) is 0 Å². The summed E-state index contributed by atoms with van der Waals surface area (Å²) < 4.78 is 0. The molecule has 4 heteroatoms. The molecular formula is C18H25NO3. The number of benzene rings is 1. The summed E-state index contributed by atoms with van der Waals surface area (Å²) in [7, 11) is 0. The van der Waals surface area contributed by atoms with Crippen LogP contribution >= 0.6 is 0 Å². The number of hydrogen-bond donors (Lipinski definition) is 2. The molecule has 0 unspecified atom stereocenters. The van der Waals surface area contributed by atoms with Crippen LogP contribution in [-0.4, -0.2) is 22.5 Å². The van der Waals surface area contributed by atoms with Crippen molar-refractivity contribution in [3.05, 3.63) is 35.9 Å². The molecule has 1 aromatic rings. The molecular weight excluding hydrogens is 278 g/mol. The molecule has 0 spiro atoms. The van der Waals surface area contributed by atoms with E-state index >= 15 is 0 Å². The van der Waals surface area contributed by atoms with E-state index in [2.05, 4.69) is 17.4 Å². The average Bonchev–Trinajstić information content (AvgIpc) is 2.41. The summed E-state index contributed by atoms with van der Waals surface area (Å²) in [5.74, 6) is -0.990. The number of carboxylic acid groups (broad SMARTS) is 1. The lowest BCUT2D eigenvalue weighted by atomic mass is 9.66. The Labute approximate surface area is 131 Å². The lowest BCUT2D eigenvalue weighted by molar-refractivity contribution is -0.157. The maximum atomic E-state index is 12.2. The minimum Gasteiger partial charge on any atom is -0.481 e. The number of nitrogens with one attached hydrogen (secondary N) is 1. The summed E-state index contributed by atoms with van der Waals surface area (Å²) in [6.07, 6.45) is 3.93. The van der Waals surface area contributed by atoms with Gasteiger partial charge in [-0.1, -0.05) is 36.8 Å². The Morgan fingerprint density at radius 3 is 2.36 bits per heavy atom. The van der Waals surface area contributed by atoms with Crippen LogP contribution in [0.1, 0.15) is 51.5 Å². The number of aryl methyl sites for hydroxylation is 1. The molecule has 0 heterocycles. The Bertz CT molecular complexity index is 533. The largest absolute Gasteiger partial charge is 0.481 e. The van der Waals surface area contributed by atoms with Crippen molar-refractivity contribution in [2.45, 2.75) is 57.9 Å². The van der Waals surface area contributed by atoms with Gasteiger partial charge in [0.2, 0.25) is 5.91 Å². The highest BCUT2D eigenvalue weighted by Crippen LogP contribution is 2.44. The number of carbonyl (C=O) groups is 2. The molecule has 120 valence electrons. The summed E-state index contributed by atoms with van der Waals surface area (Å²) >= 11 is 0. The monoisotopic (exact) mass is 303 g/mol. The van der Waals surface area contributed by atoms with Crippen LogP contribution in [0.25, 0.3) is 0 Å². The molecule has 0 saturated heterocycles. The molecule has 1 aromatic carbocycles. The lowest BCUT2D eigenvalue weighted by Crippen LogP contribution is -2.48. The maximum absolute atomic E-state index is 12.2. The van der Waals surface area contributed by atoms with Crippen molar-refractivity contribution >= 4 is 11.9 Å². The fourth-order valence-corrected chi connectivity index (χ4v) is 2.96. The molecule has 22 heavy (non-hydrogen) atoms. The van der Waals surface area contributed by atoms with Crippen molar-refractivity contribution in [3.8, 4) is 0 Å². The van der Waals surface area contributed by atoms with Crippen molar-refractivity contribution in [3.63, 3.8) is 0 Å². The fourth-order valence-electron chi connectivity index (χ4n) is 2.96. The van der Waals surface area contributed by atoms with Gasteiger partial charge < -0.3 is 10.4 Å². The first-order valence-electron chi connectivity index (χ1n) is 7.91. The maximum Gasteiger partial charge on any atom is 0.310 e. The van der Waals surface area contributed by atoms with Crippen LogP contribution in [0.2, 0.25) is 0 Å². The lowest BCUT2D eigenvalue weighted by Gasteiger charge is -2.38. The van der Waals surface area contributed by atoms with Crippen LogP contribution in [0.3, 0.4) is 0 Å². The molecule has 0 aliphatic heterocycles. The van der Waals surface area contributed by atoms with Gasteiger partial charge in [-0.15, -0.1) is 0 Å². The zero-order valence-electron chi connectivity index (χ0n) is 13.4. The van der Waals surface area contributed by atoms with Gasteiger partial charge in [-0.25, -0.2) is 0 Å². The van der Waals surface area contributed by atoms with Crippen molar-refractivity contribution in [1.29, 1.82) is 0 Å². The Morgan fingerprint density at radius 1 is 1.23 bits per heavy atom. The Balaban J connectivity index is 1.85. The number of aliphatic carboxylic acids is 1. The highest BCUT2D eigenvalue weighted by Gasteiger charge is 2.46. The molecule has 0 aromatic heterocycles. The molecule has 4 nitrogen and oxygen atoms in total. The van der Waals surface area contributed by atoms with Crippen molar-refractivity contribution in [2.24, 2.45) is 5.41 Å². The first kappa shape index (κ1) is 16.5. The van der Waals surface area contributed by atoms with E-state index in [4.69, 9.17) is 0 Å². The van der Waals surface area contributed by atoms with Crippen LogP contribution in [-0.2, 0) is 16.0 Å². The Morgan fingerprint density at radius 2 is 1.86 bits per heavy atom. The molecule has 0 bridgehead atoms. The molecule has 2 N–H and O–H groups in total. The molecule has 1 fully saturated rings. The standard InChI is InChI=1S/C18H25NO3/c1-17(2,12-9-14-7-4-3-5-8-14)19-15(20)13-18(16(21)22)10-6-11-18/h3-5,7-8H,6,9-13H2,1-2H3,(H,19,20)(H,21,22). The quantitative estimate of drug-likeness (QED) is 0.813. The van der Waals surface area contributed by atoms with Gasteiger partial charge in [0.05, 0.1) is 5.41 Å². The topological polar surface area (TPSA) is 66.4 Å². The first-order chi connectivity index (χ1) is 10.3. The van der Waals surface area contributed by atoms with E-state index in [1.807, 2.05) is 32.0 Å². The Kier molecular flexibility index (Phi) is 4.89. The SMILES string of the molecule is CC(C)(CCc1ccccc1)NC(=O)CC1(C(=O)O)CCC1. The number of carboxylic acids is 1. The molecule has 1 saturated carbocycles. The normalized spacial score (nSPS) is 16.6. The van der Waals surface area contributed by atoms with E-state index in [0.29, 0.717) is 12.8 Å². The average molecular weight is 303 g/mol. The molecule has 0 atom stereocenters. The number of amides is 1. The van der Waals surface area contributed by atoms with Crippen LogP contribution in [0, 0.1) is 5.41 Å². The molecule has 1 aliphatic carbocycles. The van der Waals surface area contributed by atoms with E-state index in [1.165, 1.54) is 5.56 Å². The van der Waals surface area contributed by atoms with Gasteiger partial charge in [-0.05, 0) is 45.1 Å². The third-order valence-corrected chi connectivity index (χ3v) is 4.62. The fraction of sp³-hybridized carbons (Fsp3) is 0.556. The minimum absolute atomic E-state index is 0.0943. The molecule has 1 aliphatic rings. The molecule has 2 rings (SSSR count). The summed E-state index contributed by atoms with van der Waals surface area (Å²) in [6.45, 7) is 3.98. The van der Waals surface area contributed by atoms with Crippen LogP contribution in [0.15, 0.2) is 30.3 Å². The highest BCUT2D eigenvalue weighted by atomic mass is 16.4. The van der Waals surface area contributed by atoms with Gasteiger partial charge in [0.15, 0.2) is 0 Å². The second-order valence-corrected chi connectivity index (χ2v) is 7.03. The molecule has 0 radical (unpaired) electrons. The third kappa shape index (κ3) is 4.09. The van der Waals surface area contributed by atoms with Gasteiger partial charge in [0, 0.05) is 12.0 Å².